The van der Waals surface area contributed by atoms with E-state index in [0.29, 0.717) is 0 Å². The molecular formula is C16H27BrIN3O. The van der Waals surface area contributed by atoms with Crippen molar-refractivity contribution in [2.75, 3.05) is 33.4 Å². The van der Waals surface area contributed by atoms with Gasteiger partial charge >= 0.3 is 0 Å². The van der Waals surface area contributed by atoms with E-state index in [4.69, 9.17) is 4.74 Å². The van der Waals surface area contributed by atoms with E-state index in [2.05, 4.69) is 62.7 Å². The van der Waals surface area contributed by atoms with Gasteiger partial charge in [0.1, 0.15) is 0 Å². The van der Waals surface area contributed by atoms with E-state index >= 15 is 0 Å². The molecule has 0 aliphatic carbocycles. The minimum absolute atomic E-state index is 0. The molecule has 1 aromatic carbocycles. The van der Waals surface area contributed by atoms with Crippen LogP contribution in [0.3, 0.4) is 0 Å². The van der Waals surface area contributed by atoms with Gasteiger partial charge in [0.05, 0.1) is 0 Å². The molecule has 1 aromatic rings. The number of aryl methyl sites for hydroxylation is 1. The van der Waals surface area contributed by atoms with Crippen molar-refractivity contribution in [2.24, 2.45) is 4.99 Å². The Morgan fingerprint density at radius 2 is 2.09 bits per heavy atom. The van der Waals surface area contributed by atoms with Gasteiger partial charge in [0.25, 0.3) is 0 Å². The number of hydrogen-bond donors (Lipinski definition) is 2. The van der Waals surface area contributed by atoms with E-state index in [1.165, 1.54) is 5.56 Å². The molecule has 0 saturated heterocycles. The topological polar surface area (TPSA) is 45.7 Å². The van der Waals surface area contributed by atoms with Gasteiger partial charge in [0.15, 0.2) is 5.96 Å². The van der Waals surface area contributed by atoms with Crippen LogP contribution in [-0.2, 0) is 11.2 Å². The second-order valence-corrected chi connectivity index (χ2v) is 5.68. The molecule has 1 rings (SSSR count). The molecule has 0 unspecified atom stereocenters. The van der Waals surface area contributed by atoms with E-state index < -0.39 is 0 Å². The third-order valence-electron chi connectivity index (χ3n) is 2.94. The summed E-state index contributed by atoms with van der Waals surface area (Å²) in [7, 11) is 1.72. The maximum atomic E-state index is 5.04. The summed E-state index contributed by atoms with van der Waals surface area (Å²) in [5.74, 6) is 0.892. The minimum atomic E-state index is 0. The van der Waals surface area contributed by atoms with E-state index in [9.17, 15) is 0 Å². The number of benzene rings is 1. The zero-order valence-electron chi connectivity index (χ0n) is 13.4. The quantitative estimate of drug-likeness (QED) is 0.244. The molecule has 0 spiro atoms. The van der Waals surface area contributed by atoms with Crippen molar-refractivity contribution in [3.8, 4) is 0 Å². The first-order chi connectivity index (χ1) is 10.3. The predicted octanol–water partition coefficient (Wildman–Crippen LogP) is 3.59. The maximum Gasteiger partial charge on any atom is 0.191 e. The summed E-state index contributed by atoms with van der Waals surface area (Å²) < 4.78 is 6.17. The fourth-order valence-electron chi connectivity index (χ4n) is 1.93. The van der Waals surface area contributed by atoms with E-state index in [1.807, 2.05) is 0 Å². The van der Waals surface area contributed by atoms with Gasteiger partial charge in [0.2, 0.25) is 0 Å². The van der Waals surface area contributed by atoms with Gasteiger partial charge in [-0.05, 0) is 43.9 Å². The number of rotatable bonds is 9. The van der Waals surface area contributed by atoms with Gasteiger partial charge in [-0.25, -0.2) is 0 Å². The summed E-state index contributed by atoms with van der Waals surface area (Å²) in [6.45, 7) is 5.43. The summed E-state index contributed by atoms with van der Waals surface area (Å²) in [6, 6.07) is 8.44. The molecule has 0 atom stereocenters. The van der Waals surface area contributed by atoms with Gasteiger partial charge in [-0.1, -0.05) is 28.1 Å². The minimum Gasteiger partial charge on any atom is -0.385 e. The van der Waals surface area contributed by atoms with Crippen LogP contribution < -0.4 is 10.6 Å². The molecule has 4 nitrogen and oxygen atoms in total. The van der Waals surface area contributed by atoms with Gasteiger partial charge in [-0.2, -0.15) is 0 Å². The van der Waals surface area contributed by atoms with Crippen LogP contribution in [0.2, 0.25) is 0 Å². The molecule has 0 heterocycles. The van der Waals surface area contributed by atoms with Gasteiger partial charge in [-0.15, -0.1) is 24.0 Å². The van der Waals surface area contributed by atoms with Gasteiger partial charge in [-0.3, -0.25) is 4.99 Å². The summed E-state index contributed by atoms with van der Waals surface area (Å²) in [6.07, 6.45) is 3.08. The van der Waals surface area contributed by atoms with Crippen molar-refractivity contribution >= 4 is 45.9 Å². The van der Waals surface area contributed by atoms with Gasteiger partial charge in [0, 0.05) is 37.8 Å². The average Bonchev–Trinajstić information content (AvgIpc) is 2.48. The number of guanidine groups is 1. The third-order valence-corrected chi connectivity index (χ3v) is 3.44. The Morgan fingerprint density at radius 3 is 2.77 bits per heavy atom. The molecule has 0 bridgehead atoms. The van der Waals surface area contributed by atoms with Crippen molar-refractivity contribution < 1.29 is 4.74 Å². The number of hydrogen-bond acceptors (Lipinski definition) is 2. The molecule has 0 fully saturated rings. The van der Waals surface area contributed by atoms with Gasteiger partial charge < -0.3 is 15.4 Å². The fraction of sp³-hybridized carbons (Fsp3) is 0.562. The van der Waals surface area contributed by atoms with Crippen LogP contribution in [0.15, 0.2) is 33.7 Å². The lowest BCUT2D eigenvalue weighted by atomic mass is 10.1. The highest BCUT2D eigenvalue weighted by atomic mass is 127. The Hall–Kier alpha value is -0.340. The van der Waals surface area contributed by atoms with Crippen molar-refractivity contribution in [2.45, 2.75) is 26.2 Å². The monoisotopic (exact) mass is 483 g/mol. The van der Waals surface area contributed by atoms with Crippen LogP contribution in [-0.4, -0.2) is 39.3 Å². The molecule has 0 amide bonds. The fourth-order valence-corrected chi connectivity index (χ4v) is 2.38. The van der Waals surface area contributed by atoms with Crippen molar-refractivity contribution in [1.29, 1.82) is 0 Å². The van der Waals surface area contributed by atoms with E-state index in [1.54, 1.807) is 7.11 Å². The maximum absolute atomic E-state index is 5.04. The van der Waals surface area contributed by atoms with Crippen molar-refractivity contribution in [3.63, 3.8) is 0 Å². The summed E-state index contributed by atoms with van der Waals surface area (Å²) in [4.78, 5) is 4.59. The van der Waals surface area contributed by atoms with E-state index in [-0.39, 0.29) is 24.0 Å². The molecule has 0 aliphatic heterocycles. The molecule has 0 saturated carbocycles. The summed E-state index contributed by atoms with van der Waals surface area (Å²) >= 11 is 3.50. The van der Waals surface area contributed by atoms with Crippen LogP contribution >= 0.6 is 39.9 Å². The smallest absolute Gasteiger partial charge is 0.191 e. The molecular weight excluding hydrogens is 457 g/mol. The lowest BCUT2D eigenvalue weighted by Gasteiger charge is -2.11. The SMILES string of the molecule is CCNC(=NCCCc1cccc(Br)c1)NCCCOC.I. The zero-order chi connectivity index (χ0) is 15.3. The Bertz CT molecular complexity index is 430. The molecule has 2 N–H and O–H groups in total. The van der Waals surface area contributed by atoms with E-state index in [0.717, 1.165) is 55.9 Å². The first kappa shape index (κ1) is 21.7. The highest BCUT2D eigenvalue weighted by Gasteiger charge is 1.97. The molecule has 126 valence electrons. The normalized spacial score (nSPS) is 11.0. The lowest BCUT2D eigenvalue weighted by molar-refractivity contribution is 0.195. The van der Waals surface area contributed by atoms with Crippen LogP contribution in [0.4, 0.5) is 0 Å². The Balaban J connectivity index is 0.00000441. The number of aliphatic imine (C=N–C) groups is 1. The zero-order valence-corrected chi connectivity index (χ0v) is 17.3. The first-order valence-electron chi connectivity index (χ1n) is 7.51. The Morgan fingerprint density at radius 1 is 1.27 bits per heavy atom. The number of ether oxygens (including phenoxy) is 1. The van der Waals surface area contributed by atoms with Crippen molar-refractivity contribution in [3.05, 3.63) is 34.3 Å². The second-order valence-electron chi connectivity index (χ2n) is 4.77. The Kier molecular flexibility index (Phi) is 14.0. The standard InChI is InChI=1S/C16H26BrN3O.HI/c1-3-18-16(20-11-6-12-21-2)19-10-5-8-14-7-4-9-15(17)13-14;/h4,7,9,13H,3,5-6,8,10-12H2,1-2H3,(H2,18,19,20);1H. The number of methoxy groups -OCH3 is 1. The second kappa shape index (κ2) is 14.3. The first-order valence-corrected chi connectivity index (χ1v) is 8.31. The predicted molar refractivity (Wildman–Crippen MR) is 108 cm³/mol. The highest BCUT2D eigenvalue weighted by Crippen LogP contribution is 2.12. The Labute approximate surface area is 159 Å². The van der Waals surface area contributed by atoms with Crippen LogP contribution in [0.25, 0.3) is 0 Å². The third kappa shape index (κ3) is 10.4. The van der Waals surface area contributed by atoms with Crippen LogP contribution in [0.5, 0.6) is 0 Å². The molecule has 6 heteroatoms. The summed E-state index contributed by atoms with van der Waals surface area (Å²) in [5, 5.41) is 6.57. The molecule has 0 radical (unpaired) electrons. The molecule has 0 aromatic heterocycles. The average molecular weight is 484 g/mol. The largest absolute Gasteiger partial charge is 0.385 e. The number of nitrogens with zero attached hydrogens (tertiary/aromatic N) is 1. The number of nitrogens with one attached hydrogen (secondary N) is 2. The van der Waals surface area contributed by atoms with Crippen LogP contribution in [0, 0.1) is 0 Å². The number of halogens is 2. The summed E-state index contributed by atoms with van der Waals surface area (Å²) in [5.41, 5.74) is 1.35. The molecule has 22 heavy (non-hydrogen) atoms. The lowest BCUT2D eigenvalue weighted by Crippen LogP contribution is -2.38. The highest BCUT2D eigenvalue weighted by molar-refractivity contribution is 14.0. The van der Waals surface area contributed by atoms with Crippen molar-refractivity contribution in [1.82, 2.24) is 10.6 Å². The molecule has 0 aliphatic rings. The van der Waals surface area contributed by atoms with Crippen LogP contribution in [0.1, 0.15) is 25.3 Å².